The molecule has 1 amide bonds. The number of hydrogen-bond donors (Lipinski definition) is 7. The summed E-state index contributed by atoms with van der Waals surface area (Å²) in [6.45, 7) is -1.23. The lowest BCUT2D eigenvalue weighted by molar-refractivity contribution is -0.137. The summed E-state index contributed by atoms with van der Waals surface area (Å²) >= 11 is 0. The van der Waals surface area contributed by atoms with Crippen molar-refractivity contribution in [3.05, 3.63) is 0 Å². The Morgan fingerprint density at radius 1 is 1.26 bits per heavy atom. The van der Waals surface area contributed by atoms with Crippen LogP contribution in [0.25, 0.3) is 0 Å². The molecule has 0 spiro atoms. The zero-order valence-electron chi connectivity index (χ0n) is 9.97. The molecule has 0 aromatic rings. The lowest BCUT2D eigenvalue weighted by atomic mass is 10.1. The second kappa shape index (κ2) is 11.5. The molecule has 0 bridgehead atoms. The minimum atomic E-state index is -1.64. The summed E-state index contributed by atoms with van der Waals surface area (Å²) in [5.41, 5.74) is 4.85. The quantitative estimate of drug-likeness (QED) is 0.225. The van der Waals surface area contributed by atoms with Crippen molar-refractivity contribution in [1.82, 2.24) is 5.32 Å². The maximum Gasteiger partial charge on any atom is 0.322 e. The van der Waals surface area contributed by atoms with Crippen molar-refractivity contribution in [3.63, 3.8) is 0 Å². The molecule has 0 aromatic carbocycles. The second-order valence-electron chi connectivity index (χ2n) is 3.24. The summed E-state index contributed by atoms with van der Waals surface area (Å²) < 4.78 is 0. The number of aliphatic carboxylic acids is 1. The van der Waals surface area contributed by atoms with Gasteiger partial charge in [-0.25, -0.2) is 0 Å². The van der Waals surface area contributed by atoms with Crippen LogP contribution >= 0.6 is 0 Å². The van der Waals surface area contributed by atoms with Crippen LogP contribution < -0.4 is 11.1 Å². The van der Waals surface area contributed by atoms with Gasteiger partial charge in [0.15, 0.2) is 6.29 Å². The average molecular weight is 282 g/mol. The van der Waals surface area contributed by atoms with Crippen molar-refractivity contribution >= 4 is 18.2 Å². The molecule has 0 rings (SSSR count). The van der Waals surface area contributed by atoms with Crippen LogP contribution in [0.4, 0.5) is 0 Å². The minimum Gasteiger partial charge on any atom is -0.480 e. The van der Waals surface area contributed by atoms with Gasteiger partial charge in [0.2, 0.25) is 5.91 Å². The number of nitrogens with two attached hydrogens (primary N) is 1. The highest BCUT2D eigenvalue weighted by atomic mass is 16.4. The summed E-state index contributed by atoms with van der Waals surface area (Å²) in [6, 6.07) is 0. The number of carbonyl (C=O) groups excluding carboxylic acids is 2. The monoisotopic (exact) mass is 282 g/mol. The van der Waals surface area contributed by atoms with E-state index < -0.39 is 36.8 Å². The second-order valence-corrected chi connectivity index (χ2v) is 3.24. The standard InChI is InChI=1S/C5H10O5.C4H8N2O3/c6-1-3(8)5(10)4(9)2-7;5-1-3(7)6-2-4(8)9/h1,3-5,7-10H,2H2;1-2,5H2,(H,6,7)(H,8,9). The van der Waals surface area contributed by atoms with Crippen LogP contribution in [0.2, 0.25) is 0 Å². The van der Waals surface area contributed by atoms with Gasteiger partial charge in [0.25, 0.3) is 0 Å². The predicted molar refractivity (Wildman–Crippen MR) is 60.9 cm³/mol. The first-order valence-corrected chi connectivity index (χ1v) is 5.09. The van der Waals surface area contributed by atoms with Gasteiger partial charge in [-0.05, 0) is 0 Å². The highest BCUT2D eigenvalue weighted by Crippen LogP contribution is 1.96. The Morgan fingerprint density at radius 2 is 1.79 bits per heavy atom. The number of aliphatic hydroxyl groups excluding tert-OH is 4. The van der Waals surface area contributed by atoms with E-state index >= 15 is 0 Å². The third-order valence-electron chi connectivity index (χ3n) is 1.69. The van der Waals surface area contributed by atoms with Gasteiger partial charge in [0, 0.05) is 0 Å². The first-order chi connectivity index (χ1) is 8.79. The molecule has 0 saturated carbocycles. The van der Waals surface area contributed by atoms with Gasteiger partial charge >= 0.3 is 5.97 Å². The predicted octanol–water partition coefficient (Wildman–Crippen LogP) is -4.59. The molecule has 10 heteroatoms. The third-order valence-corrected chi connectivity index (χ3v) is 1.69. The van der Waals surface area contributed by atoms with Crippen LogP contribution in [-0.4, -0.2) is 81.7 Å². The molecule has 0 aliphatic heterocycles. The molecular formula is C9H18N2O8. The van der Waals surface area contributed by atoms with E-state index in [0.717, 1.165) is 0 Å². The minimum absolute atomic E-state index is 0.0869. The number of hydrogen-bond acceptors (Lipinski definition) is 8. The zero-order valence-corrected chi connectivity index (χ0v) is 9.97. The fraction of sp³-hybridized carbons (Fsp3) is 0.667. The molecular weight excluding hydrogens is 264 g/mol. The Kier molecular flexibility index (Phi) is 11.9. The van der Waals surface area contributed by atoms with Gasteiger partial charge in [-0.2, -0.15) is 0 Å². The summed E-state index contributed by atoms with van der Waals surface area (Å²) in [7, 11) is 0. The largest absolute Gasteiger partial charge is 0.480 e. The molecule has 0 aromatic heterocycles. The number of nitrogens with one attached hydrogen (secondary N) is 1. The Labute approximate surface area is 108 Å². The molecule has 19 heavy (non-hydrogen) atoms. The summed E-state index contributed by atoms with van der Waals surface area (Å²) in [5.74, 6) is -1.53. The Morgan fingerprint density at radius 3 is 2.11 bits per heavy atom. The number of amides is 1. The number of aliphatic hydroxyl groups is 4. The van der Waals surface area contributed by atoms with E-state index in [-0.39, 0.29) is 19.4 Å². The van der Waals surface area contributed by atoms with Gasteiger partial charge < -0.3 is 41.4 Å². The van der Waals surface area contributed by atoms with Gasteiger partial charge in [-0.1, -0.05) is 0 Å². The van der Waals surface area contributed by atoms with E-state index in [4.69, 9.17) is 31.3 Å². The number of carbonyl (C=O) groups is 3. The first kappa shape index (κ1) is 19.7. The molecule has 3 atom stereocenters. The van der Waals surface area contributed by atoms with E-state index in [0.29, 0.717) is 0 Å². The molecule has 0 aliphatic rings. The normalized spacial score (nSPS) is 14.4. The van der Waals surface area contributed by atoms with E-state index in [9.17, 15) is 14.4 Å². The van der Waals surface area contributed by atoms with Crippen LogP contribution in [-0.2, 0) is 14.4 Å². The van der Waals surface area contributed by atoms with Gasteiger partial charge in [0.1, 0.15) is 24.9 Å². The maximum atomic E-state index is 10.2. The van der Waals surface area contributed by atoms with E-state index in [1.54, 1.807) is 0 Å². The number of carboxylic acids is 1. The van der Waals surface area contributed by atoms with Crippen molar-refractivity contribution in [2.24, 2.45) is 5.73 Å². The van der Waals surface area contributed by atoms with E-state index in [1.165, 1.54) is 0 Å². The fourth-order valence-electron chi connectivity index (χ4n) is 0.662. The molecule has 3 unspecified atom stereocenters. The maximum absolute atomic E-state index is 10.2. The number of rotatable bonds is 7. The molecule has 0 fully saturated rings. The van der Waals surface area contributed by atoms with Crippen molar-refractivity contribution in [2.45, 2.75) is 18.3 Å². The van der Waals surface area contributed by atoms with Crippen molar-refractivity contribution in [1.29, 1.82) is 0 Å². The Bertz CT molecular complexity index is 285. The van der Waals surface area contributed by atoms with Crippen LogP contribution in [0.15, 0.2) is 0 Å². The van der Waals surface area contributed by atoms with Crippen LogP contribution in [0.1, 0.15) is 0 Å². The van der Waals surface area contributed by atoms with E-state index in [1.807, 2.05) is 0 Å². The fourth-order valence-corrected chi connectivity index (χ4v) is 0.662. The summed E-state index contributed by atoms with van der Waals surface area (Å²) in [5, 5.41) is 44.1. The Hall–Kier alpha value is -1.59. The topological polar surface area (TPSA) is 190 Å². The van der Waals surface area contributed by atoms with Crippen LogP contribution in [0.3, 0.4) is 0 Å². The molecule has 0 heterocycles. The van der Waals surface area contributed by atoms with Gasteiger partial charge in [0.05, 0.1) is 13.2 Å². The number of aldehydes is 1. The molecule has 112 valence electrons. The molecule has 8 N–H and O–H groups in total. The molecule has 10 nitrogen and oxygen atoms in total. The van der Waals surface area contributed by atoms with Crippen molar-refractivity contribution in [2.75, 3.05) is 19.7 Å². The summed E-state index contributed by atoms with van der Waals surface area (Å²) in [4.78, 5) is 29.7. The zero-order chi connectivity index (χ0) is 15.4. The Balaban J connectivity index is 0. The molecule has 0 aliphatic carbocycles. The summed E-state index contributed by atoms with van der Waals surface area (Å²) in [6.07, 6.45) is -4.63. The van der Waals surface area contributed by atoms with Crippen molar-refractivity contribution < 1.29 is 39.9 Å². The average Bonchev–Trinajstić information content (AvgIpc) is 2.42. The highest BCUT2D eigenvalue weighted by Gasteiger charge is 2.22. The molecule has 0 saturated heterocycles. The van der Waals surface area contributed by atoms with Crippen molar-refractivity contribution in [3.8, 4) is 0 Å². The smallest absolute Gasteiger partial charge is 0.322 e. The van der Waals surface area contributed by atoms with Gasteiger partial charge in [-0.15, -0.1) is 0 Å². The SMILES string of the molecule is NCC(=O)NCC(=O)O.O=CC(O)C(O)C(O)CO. The lowest BCUT2D eigenvalue weighted by Crippen LogP contribution is -2.40. The third kappa shape index (κ3) is 11.2. The van der Waals surface area contributed by atoms with Gasteiger partial charge in [-0.3, -0.25) is 9.59 Å². The first-order valence-electron chi connectivity index (χ1n) is 5.09. The van der Waals surface area contributed by atoms with Crippen LogP contribution in [0.5, 0.6) is 0 Å². The van der Waals surface area contributed by atoms with Crippen LogP contribution in [0, 0.1) is 0 Å². The number of carboxylic acid groups (broad SMARTS) is 1. The van der Waals surface area contributed by atoms with E-state index in [2.05, 4.69) is 5.32 Å². The lowest BCUT2D eigenvalue weighted by Gasteiger charge is -2.16. The highest BCUT2D eigenvalue weighted by molar-refractivity contribution is 5.82. The molecule has 0 radical (unpaired) electrons.